The number of Topliss-reactive ketones (excluding diaryl/α,β-unsaturated/α-hetero) is 2. The molecule has 2 aliphatic carbocycles. The van der Waals surface area contributed by atoms with Crippen molar-refractivity contribution >= 4 is 23.2 Å². The first-order valence-electron chi connectivity index (χ1n) is 19.1. The lowest BCUT2D eigenvalue weighted by Crippen LogP contribution is -2.46. The summed E-state index contributed by atoms with van der Waals surface area (Å²) >= 11 is 0. The van der Waals surface area contributed by atoms with Crippen molar-refractivity contribution in [1.29, 1.82) is 0 Å². The van der Waals surface area contributed by atoms with Gasteiger partial charge in [0.05, 0.1) is 0 Å². The zero-order valence-electron chi connectivity index (χ0n) is 29.1. The summed E-state index contributed by atoms with van der Waals surface area (Å²) in [4.78, 5) is 46.0. The summed E-state index contributed by atoms with van der Waals surface area (Å²) in [6.07, 6.45) is 20.7. The molecule has 0 aromatic carbocycles. The van der Waals surface area contributed by atoms with E-state index in [1.165, 1.54) is 89.9 Å². The van der Waals surface area contributed by atoms with Crippen molar-refractivity contribution < 1.29 is 14.5 Å². The number of carbonyl (C=O) groups is 2. The smallest absolute Gasteiger partial charge is 0.358 e. The van der Waals surface area contributed by atoms with Gasteiger partial charge in [0.2, 0.25) is 5.82 Å². The number of nitro groups is 1. The van der Waals surface area contributed by atoms with Gasteiger partial charge in [0.1, 0.15) is 11.6 Å². The fourth-order valence-corrected chi connectivity index (χ4v) is 7.71. The van der Waals surface area contributed by atoms with Crippen LogP contribution >= 0.6 is 0 Å². The number of rotatable bonds is 16. The Labute approximate surface area is 283 Å². The lowest BCUT2D eigenvalue weighted by molar-refractivity contribution is -0.389. The minimum atomic E-state index is -0.446. The van der Waals surface area contributed by atoms with E-state index in [1.807, 2.05) is 6.07 Å². The first-order chi connectivity index (χ1) is 23.0. The molecule has 1 aromatic heterocycles. The highest BCUT2D eigenvalue weighted by Crippen LogP contribution is 2.27. The highest BCUT2D eigenvalue weighted by atomic mass is 16.6. The molecule has 47 heavy (non-hydrogen) atoms. The third kappa shape index (κ3) is 13.9. The average Bonchev–Trinajstić information content (AvgIpc) is 3.13. The maximum absolute atomic E-state index is 12.2. The molecule has 0 bridgehead atoms. The number of hydrogen-bond acceptors (Lipinski definition) is 9. The van der Waals surface area contributed by atoms with Crippen LogP contribution in [0.5, 0.6) is 0 Å². The first-order valence-corrected chi connectivity index (χ1v) is 19.1. The second-order valence-electron chi connectivity index (χ2n) is 14.3. The number of nitrogens with zero attached hydrogens (tertiary/aromatic N) is 5. The summed E-state index contributed by atoms with van der Waals surface area (Å²) in [6.45, 7) is 10.5. The Morgan fingerprint density at radius 1 is 0.702 bits per heavy atom. The third-order valence-electron chi connectivity index (χ3n) is 10.7. The van der Waals surface area contributed by atoms with E-state index in [2.05, 4.69) is 25.0 Å². The van der Waals surface area contributed by atoms with E-state index >= 15 is 0 Å². The summed E-state index contributed by atoms with van der Waals surface area (Å²) in [7, 11) is 0. The monoisotopic (exact) mass is 654 g/mol. The summed E-state index contributed by atoms with van der Waals surface area (Å²) in [5.41, 5.74) is 0. The lowest BCUT2D eigenvalue weighted by atomic mass is 9.84. The molecule has 0 amide bonds. The molecule has 0 unspecified atom stereocenters. The number of pyridine rings is 1. The van der Waals surface area contributed by atoms with Crippen molar-refractivity contribution in [3.05, 3.63) is 28.3 Å². The number of hydrogen-bond donors (Lipinski definition) is 1. The van der Waals surface area contributed by atoms with Gasteiger partial charge in [-0.2, -0.15) is 0 Å². The standard InChI is InChI=1S/C21H32N4O3.C16H30N2O/c26-19(18-8-3-1-4-9-18)10-5-2-6-13-23-14-16-24(17-15-23)20-11-7-12-21(22-20)25(27)28;19-16(15-7-3-1-4-8-15)9-5-2-6-12-18-13-10-17-11-14-18/h7,11-12,18H,1-6,8-10,13-17H2;15,17H,1-14H2. The predicted octanol–water partition coefficient (Wildman–Crippen LogP) is 6.42. The molecule has 10 heteroatoms. The largest absolute Gasteiger partial charge is 0.365 e. The number of piperazine rings is 2. The van der Waals surface area contributed by atoms with Crippen LogP contribution in [0.1, 0.15) is 116 Å². The molecule has 1 N–H and O–H groups in total. The van der Waals surface area contributed by atoms with E-state index in [-0.39, 0.29) is 5.82 Å². The number of anilines is 1. The molecule has 0 radical (unpaired) electrons. The van der Waals surface area contributed by atoms with E-state index in [4.69, 9.17) is 0 Å². The van der Waals surface area contributed by atoms with E-state index in [1.54, 1.807) is 6.07 Å². The molecule has 5 rings (SSSR count). The van der Waals surface area contributed by atoms with E-state index < -0.39 is 4.92 Å². The molecular weight excluding hydrogens is 592 g/mol. The Bertz CT molecular complexity index is 1060. The Balaban J connectivity index is 0.000000229. The molecule has 10 nitrogen and oxygen atoms in total. The van der Waals surface area contributed by atoms with E-state index in [0.717, 1.165) is 97.2 Å². The predicted molar refractivity (Wildman–Crippen MR) is 189 cm³/mol. The van der Waals surface area contributed by atoms with Crippen molar-refractivity contribution in [3.8, 4) is 0 Å². The summed E-state index contributed by atoms with van der Waals surface area (Å²) < 4.78 is 0. The molecule has 0 spiro atoms. The van der Waals surface area contributed by atoms with Crippen molar-refractivity contribution in [2.75, 3.05) is 70.3 Å². The first kappa shape index (κ1) is 37.4. The van der Waals surface area contributed by atoms with Crippen molar-refractivity contribution in [1.82, 2.24) is 20.1 Å². The van der Waals surface area contributed by atoms with Crippen LogP contribution in [0.25, 0.3) is 0 Å². The van der Waals surface area contributed by atoms with E-state index in [9.17, 15) is 19.7 Å². The highest BCUT2D eigenvalue weighted by molar-refractivity contribution is 5.81. The molecule has 2 saturated heterocycles. The van der Waals surface area contributed by atoms with Crippen molar-refractivity contribution in [2.45, 2.75) is 116 Å². The number of carbonyl (C=O) groups excluding carboxylic acids is 2. The van der Waals surface area contributed by atoms with Gasteiger partial charge in [-0.15, -0.1) is 0 Å². The molecule has 4 fully saturated rings. The van der Waals surface area contributed by atoms with Gasteiger partial charge in [-0.05, 0) is 80.4 Å². The Kier molecular flexibility index (Phi) is 17.1. The van der Waals surface area contributed by atoms with Gasteiger partial charge in [-0.1, -0.05) is 51.4 Å². The molecule has 2 aliphatic heterocycles. The van der Waals surface area contributed by atoms with Crippen LogP contribution in [0.2, 0.25) is 0 Å². The third-order valence-corrected chi connectivity index (χ3v) is 10.7. The molecule has 4 aliphatic rings. The maximum atomic E-state index is 12.2. The fourth-order valence-electron chi connectivity index (χ4n) is 7.71. The number of unbranched alkanes of at least 4 members (excludes halogenated alkanes) is 4. The Hall–Kier alpha value is -2.43. The summed E-state index contributed by atoms with van der Waals surface area (Å²) in [5, 5.41) is 14.3. The zero-order chi connectivity index (χ0) is 33.1. The second kappa shape index (κ2) is 21.5. The van der Waals surface area contributed by atoms with Crippen LogP contribution in [0.15, 0.2) is 18.2 Å². The van der Waals surface area contributed by atoms with Gasteiger partial charge in [-0.3, -0.25) is 14.5 Å². The van der Waals surface area contributed by atoms with Crippen LogP contribution < -0.4 is 10.2 Å². The van der Waals surface area contributed by atoms with E-state index in [0.29, 0.717) is 29.2 Å². The maximum Gasteiger partial charge on any atom is 0.365 e. The molecule has 264 valence electrons. The molecule has 3 heterocycles. The Morgan fingerprint density at radius 3 is 1.72 bits per heavy atom. The number of aromatic nitrogens is 1. The van der Waals surface area contributed by atoms with Crippen LogP contribution in [-0.4, -0.2) is 96.7 Å². The number of ketones is 2. The van der Waals surface area contributed by atoms with Gasteiger partial charge in [-0.25, -0.2) is 0 Å². The summed E-state index contributed by atoms with van der Waals surface area (Å²) in [6, 6.07) is 4.96. The van der Waals surface area contributed by atoms with Gasteiger partial charge in [0.15, 0.2) is 0 Å². The SMILES string of the molecule is O=C(CCCCCN1CCN(c2cccc([N+](=O)[O-])n2)CC1)C1CCCCC1.O=C(CCCCCN1CCNCC1)C1CCCCC1. The van der Waals surface area contributed by atoms with Gasteiger partial charge < -0.3 is 25.2 Å². The molecule has 0 atom stereocenters. The summed E-state index contributed by atoms with van der Waals surface area (Å²) in [5.74, 6) is 2.42. The highest BCUT2D eigenvalue weighted by Gasteiger charge is 2.23. The normalized spacial score (nSPS) is 20.4. The van der Waals surface area contributed by atoms with Crippen molar-refractivity contribution in [2.24, 2.45) is 11.8 Å². The van der Waals surface area contributed by atoms with Crippen LogP contribution in [-0.2, 0) is 9.59 Å². The van der Waals surface area contributed by atoms with Crippen LogP contribution in [0, 0.1) is 22.0 Å². The number of nitrogens with one attached hydrogen (secondary N) is 1. The molecule has 2 saturated carbocycles. The van der Waals surface area contributed by atoms with Gasteiger partial charge in [0, 0.05) is 89.2 Å². The Morgan fingerprint density at radius 2 is 1.21 bits per heavy atom. The quantitative estimate of drug-likeness (QED) is 0.123. The minimum Gasteiger partial charge on any atom is -0.358 e. The second-order valence-corrected chi connectivity index (χ2v) is 14.3. The minimum absolute atomic E-state index is 0.0947. The lowest BCUT2D eigenvalue weighted by Gasteiger charge is -2.34. The molecular formula is C37H62N6O4. The zero-order valence-corrected chi connectivity index (χ0v) is 29.1. The topological polar surface area (TPSA) is 112 Å². The van der Waals surface area contributed by atoms with Gasteiger partial charge in [0.25, 0.3) is 0 Å². The van der Waals surface area contributed by atoms with Crippen LogP contribution in [0.3, 0.4) is 0 Å². The van der Waals surface area contributed by atoms with Crippen molar-refractivity contribution in [3.63, 3.8) is 0 Å². The van der Waals surface area contributed by atoms with Crippen LogP contribution in [0.4, 0.5) is 11.6 Å². The molecule has 1 aromatic rings. The average molecular weight is 655 g/mol. The fraction of sp³-hybridized carbons (Fsp3) is 0.811. The van der Waals surface area contributed by atoms with Gasteiger partial charge >= 0.3 is 5.82 Å².